The topological polar surface area (TPSA) is 3.24 Å². The Kier molecular flexibility index (Phi) is 7.83. The van der Waals surface area contributed by atoms with Crippen molar-refractivity contribution < 1.29 is 0 Å². The summed E-state index contributed by atoms with van der Waals surface area (Å²) < 4.78 is 0. The molecule has 1 heteroatoms. The Hall–Kier alpha value is -4.62. The van der Waals surface area contributed by atoms with E-state index in [9.17, 15) is 0 Å². The van der Waals surface area contributed by atoms with Gasteiger partial charge in [0.1, 0.15) is 0 Å². The molecule has 0 saturated heterocycles. The monoisotopic (exact) mass is 613 g/mol. The highest BCUT2D eigenvalue weighted by Gasteiger charge is 2.36. The zero-order chi connectivity index (χ0) is 32.9. The standard InChI is InChI=1S/C46H47N/c1-31-21-23-36(45(3,4)5)28-34(31)27-35-29-37(24-22-32(35)2)47(44-20-14-12-17-39(44)33-15-9-8-10-16-33)38-25-26-41-40-18-11-13-19-42(40)46(6,7)43(41)30-38/h9,11-26,28-30H,8,10,27H2,1-7H3. The van der Waals surface area contributed by atoms with Gasteiger partial charge in [0.25, 0.3) is 0 Å². The second-order valence-corrected chi connectivity index (χ2v) is 15.1. The molecule has 0 unspecified atom stereocenters. The summed E-state index contributed by atoms with van der Waals surface area (Å²) in [7, 11) is 0. The maximum absolute atomic E-state index is 2.50. The van der Waals surface area contributed by atoms with Crippen LogP contribution in [0.1, 0.15) is 92.0 Å². The number of rotatable bonds is 6. The van der Waals surface area contributed by atoms with Crippen molar-refractivity contribution in [1.82, 2.24) is 0 Å². The lowest BCUT2D eigenvalue weighted by atomic mass is 9.82. The lowest BCUT2D eigenvalue weighted by Gasteiger charge is -2.30. The molecule has 0 bridgehead atoms. The van der Waals surface area contributed by atoms with E-state index in [0.717, 1.165) is 19.3 Å². The van der Waals surface area contributed by atoms with Crippen molar-refractivity contribution in [2.75, 3.05) is 4.90 Å². The van der Waals surface area contributed by atoms with Gasteiger partial charge in [-0.05, 0) is 125 Å². The van der Waals surface area contributed by atoms with Crippen molar-refractivity contribution in [2.45, 2.75) is 78.6 Å². The van der Waals surface area contributed by atoms with Crippen LogP contribution in [-0.4, -0.2) is 0 Å². The number of benzene rings is 5. The first-order chi connectivity index (χ1) is 22.5. The highest BCUT2D eigenvalue weighted by atomic mass is 15.1. The lowest BCUT2D eigenvalue weighted by molar-refractivity contribution is 0.589. The molecule has 2 aliphatic carbocycles. The summed E-state index contributed by atoms with van der Waals surface area (Å²) >= 11 is 0. The quantitative estimate of drug-likeness (QED) is 0.184. The van der Waals surface area contributed by atoms with Crippen molar-refractivity contribution in [3.63, 3.8) is 0 Å². The van der Waals surface area contributed by atoms with Crippen molar-refractivity contribution in [2.24, 2.45) is 0 Å². The van der Waals surface area contributed by atoms with Gasteiger partial charge in [-0.25, -0.2) is 0 Å². The molecule has 236 valence electrons. The molecule has 7 rings (SSSR count). The van der Waals surface area contributed by atoms with Crippen molar-refractivity contribution >= 4 is 22.6 Å². The number of hydrogen-bond acceptors (Lipinski definition) is 1. The predicted molar refractivity (Wildman–Crippen MR) is 202 cm³/mol. The highest BCUT2D eigenvalue weighted by Crippen LogP contribution is 2.51. The molecule has 5 aromatic rings. The Balaban J connectivity index is 1.40. The third kappa shape index (κ3) is 5.67. The van der Waals surface area contributed by atoms with Crippen LogP contribution in [0.15, 0.2) is 121 Å². The Morgan fingerprint density at radius 2 is 1.28 bits per heavy atom. The molecule has 0 radical (unpaired) electrons. The predicted octanol–water partition coefficient (Wildman–Crippen LogP) is 12.7. The number of nitrogens with zero attached hydrogens (tertiary/aromatic N) is 1. The minimum Gasteiger partial charge on any atom is -0.310 e. The van der Waals surface area contributed by atoms with E-state index in [4.69, 9.17) is 0 Å². The first kappa shape index (κ1) is 31.0. The number of allylic oxidation sites excluding steroid dienone is 4. The van der Waals surface area contributed by atoms with Gasteiger partial charge in [-0.3, -0.25) is 0 Å². The molecule has 0 N–H and O–H groups in total. The van der Waals surface area contributed by atoms with Crippen LogP contribution in [0.4, 0.5) is 17.1 Å². The Labute approximate surface area is 282 Å². The fourth-order valence-corrected chi connectivity index (χ4v) is 7.51. The second kappa shape index (κ2) is 11.9. The van der Waals surface area contributed by atoms with Crippen LogP contribution in [-0.2, 0) is 17.3 Å². The molecule has 1 nitrogen and oxygen atoms in total. The van der Waals surface area contributed by atoms with Crippen LogP contribution in [0.25, 0.3) is 16.7 Å². The molecular weight excluding hydrogens is 567 g/mol. The molecule has 0 aromatic heterocycles. The third-order valence-electron chi connectivity index (χ3n) is 10.5. The van der Waals surface area contributed by atoms with Crippen molar-refractivity contribution in [3.8, 4) is 11.1 Å². The van der Waals surface area contributed by atoms with E-state index >= 15 is 0 Å². The van der Waals surface area contributed by atoms with Gasteiger partial charge in [-0.1, -0.05) is 126 Å². The number of fused-ring (bicyclic) bond motifs is 3. The minimum absolute atomic E-state index is 0.0736. The molecule has 0 saturated carbocycles. The Morgan fingerprint density at radius 1 is 0.638 bits per heavy atom. The maximum Gasteiger partial charge on any atom is 0.0539 e. The van der Waals surface area contributed by atoms with Crippen LogP contribution in [0.3, 0.4) is 0 Å². The smallest absolute Gasteiger partial charge is 0.0539 e. The van der Waals surface area contributed by atoms with Gasteiger partial charge in [-0.15, -0.1) is 0 Å². The largest absolute Gasteiger partial charge is 0.310 e. The van der Waals surface area contributed by atoms with Crippen molar-refractivity contribution in [1.29, 1.82) is 0 Å². The summed E-state index contributed by atoms with van der Waals surface area (Å²) in [6.07, 6.45) is 10.1. The zero-order valence-electron chi connectivity index (χ0n) is 29.1. The first-order valence-electron chi connectivity index (χ1n) is 17.2. The molecule has 0 spiro atoms. The zero-order valence-corrected chi connectivity index (χ0v) is 29.1. The Morgan fingerprint density at radius 3 is 2.02 bits per heavy atom. The third-order valence-corrected chi connectivity index (χ3v) is 10.5. The number of para-hydroxylation sites is 1. The first-order valence-corrected chi connectivity index (χ1v) is 17.2. The molecule has 0 aliphatic heterocycles. The normalized spacial score (nSPS) is 14.8. The van der Waals surface area contributed by atoms with Crippen LogP contribution in [0.5, 0.6) is 0 Å². The fraction of sp³-hybridized carbons (Fsp3) is 0.261. The number of anilines is 3. The number of aryl methyl sites for hydroxylation is 2. The van der Waals surface area contributed by atoms with Crippen LogP contribution in [0.2, 0.25) is 0 Å². The molecule has 2 aliphatic rings. The summed E-state index contributed by atoms with van der Waals surface area (Å²) in [5, 5.41) is 0. The van der Waals surface area contributed by atoms with E-state index in [1.165, 1.54) is 78.3 Å². The summed E-state index contributed by atoms with van der Waals surface area (Å²) in [6.45, 7) is 16.2. The second-order valence-electron chi connectivity index (χ2n) is 15.1. The van der Waals surface area contributed by atoms with Gasteiger partial charge in [-0.2, -0.15) is 0 Å². The molecular formula is C46H47N. The molecule has 5 aromatic carbocycles. The van der Waals surface area contributed by atoms with Gasteiger partial charge >= 0.3 is 0 Å². The van der Waals surface area contributed by atoms with E-state index in [2.05, 4.69) is 175 Å². The van der Waals surface area contributed by atoms with Gasteiger partial charge < -0.3 is 4.90 Å². The van der Waals surface area contributed by atoms with Gasteiger partial charge in [0, 0.05) is 22.4 Å². The molecule has 0 amide bonds. The highest BCUT2D eigenvalue weighted by molar-refractivity contribution is 5.91. The Bertz CT molecular complexity index is 2040. The molecule has 0 fully saturated rings. The van der Waals surface area contributed by atoms with E-state index < -0.39 is 0 Å². The minimum atomic E-state index is -0.0736. The molecule has 0 atom stereocenters. The SMILES string of the molecule is Cc1ccc(N(c2ccc3c(c2)C(C)(C)c2ccccc2-3)c2ccccc2C2=CCCC=C2)cc1Cc1cc(C(C)(C)C)ccc1C. The van der Waals surface area contributed by atoms with Crippen molar-refractivity contribution in [3.05, 3.63) is 166 Å². The summed E-state index contributed by atoms with van der Waals surface area (Å²) in [5.74, 6) is 0. The van der Waals surface area contributed by atoms with Gasteiger partial charge in [0.15, 0.2) is 0 Å². The summed E-state index contributed by atoms with van der Waals surface area (Å²) in [5.41, 5.74) is 18.5. The van der Waals surface area contributed by atoms with Crippen LogP contribution < -0.4 is 4.90 Å². The van der Waals surface area contributed by atoms with Gasteiger partial charge in [0.2, 0.25) is 0 Å². The maximum atomic E-state index is 2.50. The van der Waals surface area contributed by atoms with E-state index in [1.54, 1.807) is 0 Å². The van der Waals surface area contributed by atoms with Crippen LogP contribution >= 0.6 is 0 Å². The fourth-order valence-electron chi connectivity index (χ4n) is 7.51. The van der Waals surface area contributed by atoms with Crippen LogP contribution in [0, 0.1) is 13.8 Å². The summed E-state index contributed by atoms with van der Waals surface area (Å²) in [6, 6.07) is 39.1. The van der Waals surface area contributed by atoms with E-state index in [1.807, 2.05) is 0 Å². The number of hydrogen-bond donors (Lipinski definition) is 0. The molecule has 47 heavy (non-hydrogen) atoms. The van der Waals surface area contributed by atoms with Gasteiger partial charge in [0.05, 0.1) is 5.69 Å². The van der Waals surface area contributed by atoms with E-state index in [-0.39, 0.29) is 10.8 Å². The van der Waals surface area contributed by atoms with E-state index in [0.29, 0.717) is 0 Å². The summed E-state index contributed by atoms with van der Waals surface area (Å²) in [4.78, 5) is 2.50. The molecule has 0 heterocycles. The average Bonchev–Trinajstić information content (AvgIpc) is 3.29. The average molecular weight is 614 g/mol. The lowest BCUT2D eigenvalue weighted by Crippen LogP contribution is -2.17.